The Hall–Kier alpha value is -3.55. The number of hydrogen-bond donors (Lipinski definition) is 2. The molecule has 4 amide bonds. The summed E-state index contributed by atoms with van der Waals surface area (Å²) in [4.78, 5) is 39.1. The van der Waals surface area contributed by atoms with Crippen molar-refractivity contribution >= 4 is 17.8 Å². The summed E-state index contributed by atoms with van der Waals surface area (Å²) in [5.74, 6) is 0.557. The molecule has 1 atom stereocenters. The van der Waals surface area contributed by atoms with Crippen molar-refractivity contribution in [2.24, 2.45) is 0 Å². The zero-order valence-corrected chi connectivity index (χ0v) is 17.9. The number of urea groups is 1. The minimum absolute atomic E-state index is 0.339. The topological polar surface area (TPSA) is 97.0 Å². The Labute approximate surface area is 181 Å². The van der Waals surface area contributed by atoms with Crippen LogP contribution in [0.5, 0.6) is 11.5 Å². The maximum Gasteiger partial charge on any atom is 0.325 e. The third-order valence-electron chi connectivity index (χ3n) is 5.50. The first kappa shape index (κ1) is 22.1. The molecule has 164 valence electrons. The lowest BCUT2D eigenvalue weighted by molar-refractivity contribution is -0.135. The number of rotatable bonds is 9. The zero-order valence-electron chi connectivity index (χ0n) is 17.9. The van der Waals surface area contributed by atoms with Gasteiger partial charge in [0.05, 0.1) is 14.2 Å². The van der Waals surface area contributed by atoms with E-state index in [9.17, 15) is 14.4 Å². The minimum Gasteiger partial charge on any atom is -0.497 e. The van der Waals surface area contributed by atoms with Gasteiger partial charge in [0.1, 0.15) is 23.6 Å². The number of nitrogens with zero attached hydrogens (tertiary/aromatic N) is 1. The molecule has 1 saturated heterocycles. The van der Waals surface area contributed by atoms with Gasteiger partial charge in [0, 0.05) is 6.54 Å². The van der Waals surface area contributed by atoms with E-state index in [1.54, 1.807) is 38.5 Å². The van der Waals surface area contributed by atoms with Gasteiger partial charge in [-0.15, -0.1) is 0 Å². The van der Waals surface area contributed by atoms with Crippen molar-refractivity contribution in [2.75, 3.05) is 27.3 Å². The summed E-state index contributed by atoms with van der Waals surface area (Å²) in [6, 6.07) is 13.9. The van der Waals surface area contributed by atoms with Gasteiger partial charge in [-0.25, -0.2) is 4.79 Å². The number of imide groups is 1. The summed E-state index contributed by atoms with van der Waals surface area (Å²) in [5.41, 5.74) is 0.416. The van der Waals surface area contributed by atoms with Crippen molar-refractivity contribution in [3.8, 4) is 11.5 Å². The molecule has 0 bridgehead atoms. The average molecular weight is 425 g/mol. The van der Waals surface area contributed by atoms with E-state index >= 15 is 0 Å². The van der Waals surface area contributed by atoms with Crippen LogP contribution in [0.2, 0.25) is 0 Å². The number of methoxy groups -OCH3 is 2. The zero-order chi connectivity index (χ0) is 22.4. The fourth-order valence-corrected chi connectivity index (χ4v) is 3.73. The molecule has 0 saturated carbocycles. The first-order chi connectivity index (χ1) is 14.9. The molecule has 8 nitrogen and oxygen atoms in total. The van der Waals surface area contributed by atoms with Crippen molar-refractivity contribution in [1.82, 2.24) is 15.5 Å². The molecule has 2 N–H and O–H groups in total. The highest BCUT2D eigenvalue weighted by Gasteiger charge is 2.51. The van der Waals surface area contributed by atoms with Gasteiger partial charge in [-0.3, -0.25) is 14.5 Å². The average Bonchev–Trinajstić information content (AvgIpc) is 3.04. The number of hydrogen-bond acceptors (Lipinski definition) is 5. The highest BCUT2D eigenvalue weighted by atomic mass is 16.5. The normalized spacial score (nSPS) is 18.0. The van der Waals surface area contributed by atoms with E-state index in [0.29, 0.717) is 30.7 Å². The van der Waals surface area contributed by atoms with Crippen LogP contribution in [-0.4, -0.2) is 50.1 Å². The van der Waals surface area contributed by atoms with Crippen LogP contribution in [-0.2, 0) is 21.5 Å². The first-order valence-corrected chi connectivity index (χ1v) is 10.1. The first-order valence-electron chi connectivity index (χ1n) is 10.1. The Kier molecular flexibility index (Phi) is 6.79. The Morgan fingerprint density at radius 2 is 1.77 bits per heavy atom. The van der Waals surface area contributed by atoms with Gasteiger partial charge in [-0.1, -0.05) is 37.3 Å². The monoisotopic (exact) mass is 425 g/mol. The highest BCUT2D eigenvalue weighted by Crippen LogP contribution is 2.33. The summed E-state index contributed by atoms with van der Waals surface area (Å²) in [5, 5.41) is 5.54. The summed E-state index contributed by atoms with van der Waals surface area (Å²) in [7, 11) is 3.15. The molecule has 1 aliphatic rings. The van der Waals surface area contributed by atoms with E-state index in [4.69, 9.17) is 9.47 Å². The molecule has 2 aromatic rings. The molecule has 0 aromatic heterocycles. The second-order valence-electron chi connectivity index (χ2n) is 7.22. The summed E-state index contributed by atoms with van der Waals surface area (Å²) < 4.78 is 10.5. The fourth-order valence-electron chi connectivity index (χ4n) is 3.73. The van der Waals surface area contributed by atoms with Crippen LogP contribution in [0.3, 0.4) is 0 Å². The number of nitrogens with one attached hydrogen (secondary N) is 2. The SMILES string of the molecule is CC[C@@]1(c2ccc(OC)cc2)NC(=O)N(CC(=O)NCCc2ccccc2OC)C1=O. The van der Waals surface area contributed by atoms with E-state index in [1.165, 1.54) is 0 Å². The molecular weight excluding hydrogens is 398 g/mol. The van der Waals surface area contributed by atoms with Crippen LogP contribution < -0.4 is 20.1 Å². The highest BCUT2D eigenvalue weighted by molar-refractivity contribution is 6.09. The second kappa shape index (κ2) is 9.51. The number of ether oxygens (including phenoxy) is 2. The number of para-hydroxylation sites is 1. The van der Waals surface area contributed by atoms with Crippen molar-refractivity contribution in [2.45, 2.75) is 25.3 Å². The van der Waals surface area contributed by atoms with E-state index in [1.807, 2.05) is 31.2 Å². The molecular formula is C23H27N3O5. The summed E-state index contributed by atoms with van der Waals surface area (Å²) in [6.45, 7) is 1.84. The molecule has 0 unspecified atom stereocenters. The minimum atomic E-state index is -1.19. The Morgan fingerprint density at radius 1 is 1.06 bits per heavy atom. The van der Waals surface area contributed by atoms with E-state index in [0.717, 1.165) is 16.2 Å². The molecule has 1 fully saturated rings. The number of benzene rings is 2. The lowest BCUT2D eigenvalue weighted by Crippen LogP contribution is -2.45. The van der Waals surface area contributed by atoms with Gasteiger partial charge >= 0.3 is 6.03 Å². The van der Waals surface area contributed by atoms with Crippen LogP contribution >= 0.6 is 0 Å². The van der Waals surface area contributed by atoms with Gasteiger partial charge < -0.3 is 20.1 Å². The van der Waals surface area contributed by atoms with E-state index in [2.05, 4.69) is 10.6 Å². The third kappa shape index (κ3) is 4.47. The Balaban J connectivity index is 1.64. The lowest BCUT2D eigenvalue weighted by Gasteiger charge is -2.26. The molecule has 31 heavy (non-hydrogen) atoms. The molecule has 8 heteroatoms. The van der Waals surface area contributed by atoms with Crippen LogP contribution in [0, 0.1) is 0 Å². The third-order valence-corrected chi connectivity index (χ3v) is 5.50. The predicted molar refractivity (Wildman–Crippen MR) is 115 cm³/mol. The number of amides is 4. The van der Waals surface area contributed by atoms with Crippen LogP contribution in [0.4, 0.5) is 4.79 Å². The van der Waals surface area contributed by atoms with E-state index < -0.39 is 23.4 Å². The van der Waals surface area contributed by atoms with Gasteiger partial charge in [0.25, 0.3) is 5.91 Å². The predicted octanol–water partition coefficient (Wildman–Crippen LogP) is 2.22. The second-order valence-corrected chi connectivity index (χ2v) is 7.22. The molecule has 0 spiro atoms. The van der Waals surface area contributed by atoms with Crippen LogP contribution in [0.15, 0.2) is 48.5 Å². The molecule has 1 aliphatic heterocycles. The van der Waals surface area contributed by atoms with Gasteiger partial charge in [0.2, 0.25) is 5.91 Å². The number of carbonyl (C=O) groups excluding carboxylic acids is 3. The summed E-state index contributed by atoms with van der Waals surface area (Å²) >= 11 is 0. The lowest BCUT2D eigenvalue weighted by atomic mass is 9.87. The number of carbonyl (C=O) groups is 3. The molecule has 1 heterocycles. The Morgan fingerprint density at radius 3 is 2.42 bits per heavy atom. The summed E-state index contributed by atoms with van der Waals surface area (Å²) in [6.07, 6.45) is 0.927. The quantitative estimate of drug-likeness (QED) is 0.601. The van der Waals surface area contributed by atoms with Crippen molar-refractivity contribution < 1.29 is 23.9 Å². The van der Waals surface area contributed by atoms with Gasteiger partial charge in [-0.05, 0) is 42.2 Å². The van der Waals surface area contributed by atoms with Crippen LogP contribution in [0.1, 0.15) is 24.5 Å². The van der Waals surface area contributed by atoms with Crippen molar-refractivity contribution in [3.05, 3.63) is 59.7 Å². The standard InChI is InChI=1S/C23H27N3O5/c1-4-23(17-9-11-18(30-2)12-10-17)21(28)26(22(29)25-23)15-20(27)24-14-13-16-7-5-6-8-19(16)31-3/h5-12H,4,13-15H2,1-3H3,(H,24,27)(H,25,29)/t23-/m0/s1. The van der Waals surface area contributed by atoms with Gasteiger partial charge in [-0.2, -0.15) is 0 Å². The maximum absolute atomic E-state index is 13.2. The van der Waals surface area contributed by atoms with Crippen molar-refractivity contribution in [3.63, 3.8) is 0 Å². The smallest absolute Gasteiger partial charge is 0.325 e. The molecule has 0 radical (unpaired) electrons. The van der Waals surface area contributed by atoms with Crippen LogP contribution in [0.25, 0.3) is 0 Å². The van der Waals surface area contributed by atoms with Crippen molar-refractivity contribution in [1.29, 1.82) is 0 Å². The fraction of sp³-hybridized carbons (Fsp3) is 0.348. The van der Waals surface area contributed by atoms with E-state index in [-0.39, 0.29) is 6.54 Å². The van der Waals surface area contributed by atoms with Gasteiger partial charge in [0.15, 0.2) is 0 Å². The Bertz CT molecular complexity index is 960. The molecule has 0 aliphatic carbocycles. The maximum atomic E-state index is 13.2. The molecule has 3 rings (SSSR count). The largest absolute Gasteiger partial charge is 0.497 e. The molecule has 2 aromatic carbocycles.